The van der Waals surface area contributed by atoms with Crippen molar-refractivity contribution in [2.75, 3.05) is 26.2 Å². The van der Waals surface area contributed by atoms with Crippen molar-refractivity contribution >= 4 is 33.3 Å². The quantitative estimate of drug-likeness (QED) is 0.139. The maximum Gasteiger partial charge on any atom is 0.321 e. The van der Waals surface area contributed by atoms with Gasteiger partial charge in [0, 0.05) is 37.5 Å². The fourth-order valence-electron chi connectivity index (χ4n) is 7.29. The number of nitrogens with one attached hydrogen (secondary N) is 1. The van der Waals surface area contributed by atoms with Gasteiger partial charge in [0.05, 0.1) is 34.3 Å². The summed E-state index contributed by atoms with van der Waals surface area (Å²) in [4.78, 5) is 47.1. The van der Waals surface area contributed by atoms with Gasteiger partial charge in [-0.3, -0.25) is 4.79 Å². The summed E-state index contributed by atoms with van der Waals surface area (Å²) in [7, 11) is -4.05. The summed E-state index contributed by atoms with van der Waals surface area (Å²) in [6.45, 7) is 9.26. The van der Waals surface area contributed by atoms with E-state index >= 15 is 0 Å². The summed E-state index contributed by atoms with van der Waals surface area (Å²) in [6, 6.07) is 13.7. The standard InChI is InChI=1S/C39H54N6O6S2/c1-5-28(4)36(45-20-19-43(39(45)48)24-32-26-52-38(41-32)27(2)3)37(47)42-34(21-29-11-7-6-8-12-29)35(46)25-44(23-31-13-9-10-14-31)53(50,51)33-17-15-30(16-18-33)22-40-49/h6-8,11-12,15-18,26-28,31,34-36,46H,5,9-10,13-14,19-25H2,1-4H3,(H,42,47)/t28-,34-,35+,36-/m0/s1. The summed E-state index contributed by atoms with van der Waals surface area (Å²) in [5, 5.41) is 21.0. The molecule has 2 aromatic carbocycles. The molecule has 14 heteroatoms. The molecule has 0 spiro atoms. The van der Waals surface area contributed by atoms with Crippen molar-refractivity contribution in [2.24, 2.45) is 17.0 Å². The van der Waals surface area contributed by atoms with Gasteiger partial charge in [0.1, 0.15) is 12.6 Å². The molecule has 3 amide bonds. The molecular formula is C39H54N6O6S2. The van der Waals surface area contributed by atoms with Crippen molar-refractivity contribution in [1.82, 2.24) is 24.4 Å². The number of aliphatic hydroxyl groups excluding tert-OH is 1. The molecule has 0 unspecified atom stereocenters. The Hall–Kier alpha value is -3.72. The first kappa shape index (κ1) is 40.5. The van der Waals surface area contributed by atoms with E-state index in [1.165, 1.54) is 16.4 Å². The molecular weight excluding hydrogens is 713 g/mol. The predicted molar refractivity (Wildman–Crippen MR) is 207 cm³/mol. The highest BCUT2D eigenvalue weighted by Gasteiger charge is 2.41. The Morgan fingerprint density at radius 3 is 2.38 bits per heavy atom. The van der Waals surface area contributed by atoms with Crippen LogP contribution in [0.25, 0.3) is 0 Å². The topological polar surface area (TPSA) is 153 Å². The largest absolute Gasteiger partial charge is 0.390 e. The fourth-order valence-corrected chi connectivity index (χ4v) is 9.65. The van der Waals surface area contributed by atoms with E-state index in [1.807, 2.05) is 49.6 Å². The molecule has 0 bridgehead atoms. The number of hydrogen-bond acceptors (Lipinski definition) is 9. The highest BCUT2D eigenvalue weighted by molar-refractivity contribution is 7.89. The first-order valence-corrected chi connectivity index (χ1v) is 21.1. The minimum atomic E-state index is -4.05. The van der Waals surface area contributed by atoms with Gasteiger partial charge >= 0.3 is 6.03 Å². The van der Waals surface area contributed by atoms with Crippen molar-refractivity contribution in [3.8, 4) is 0 Å². The Morgan fingerprint density at radius 2 is 1.75 bits per heavy atom. The summed E-state index contributed by atoms with van der Waals surface area (Å²) in [5.41, 5.74) is 2.30. The van der Waals surface area contributed by atoms with Crippen LogP contribution in [0.4, 0.5) is 4.79 Å². The summed E-state index contributed by atoms with van der Waals surface area (Å²) in [6.07, 6.45) is 3.48. The van der Waals surface area contributed by atoms with Crippen LogP contribution >= 0.6 is 11.3 Å². The Kier molecular flexibility index (Phi) is 14.2. The Morgan fingerprint density at radius 1 is 1.06 bits per heavy atom. The van der Waals surface area contributed by atoms with Gasteiger partial charge in [-0.25, -0.2) is 18.2 Å². The normalized spacial score (nSPS) is 17.8. The minimum absolute atomic E-state index is 0.0602. The van der Waals surface area contributed by atoms with E-state index in [-0.39, 0.29) is 54.7 Å². The molecule has 12 nitrogen and oxygen atoms in total. The predicted octanol–water partition coefficient (Wildman–Crippen LogP) is 6.15. The molecule has 2 N–H and O–H groups in total. The summed E-state index contributed by atoms with van der Waals surface area (Å²) in [5.74, 6) is -0.116. The second-order valence-corrected chi connectivity index (χ2v) is 17.7. The number of hydrogen-bond donors (Lipinski definition) is 2. The number of benzene rings is 2. The van der Waals surface area contributed by atoms with Gasteiger partial charge in [0.15, 0.2) is 0 Å². The Balaban J connectivity index is 1.38. The number of urea groups is 1. The van der Waals surface area contributed by atoms with E-state index in [0.717, 1.165) is 41.9 Å². The van der Waals surface area contributed by atoms with E-state index in [2.05, 4.69) is 24.3 Å². The van der Waals surface area contributed by atoms with Crippen LogP contribution in [0.2, 0.25) is 0 Å². The zero-order chi connectivity index (χ0) is 38.1. The average Bonchev–Trinajstić information content (AvgIpc) is 3.92. The lowest BCUT2D eigenvalue weighted by molar-refractivity contribution is -0.128. The van der Waals surface area contributed by atoms with E-state index in [0.29, 0.717) is 37.5 Å². The number of carbonyl (C=O) groups excluding carboxylic acids is 2. The summed E-state index contributed by atoms with van der Waals surface area (Å²) >= 11 is 1.58. The molecule has 288 valence electrons. The highest BCUT2D eigenvalue weighted by atomic mass is 32.2. The molecule has 2 fully saturated rings. The van der Waals surface area contributed by atoms with Gasteiger partial charge in [0.2, 0.25) is 15.9 Å². The number of aromatic nitrogens is 1. The van der Waals surface area contributed by atoms with Gasteiger partial charge in [-0.2, -0.15) is 9.21 Å². The zero-order valence-corrected chi connectivity index (χ0v) is 32.9. The van der Waals surface area contributed by atoms with Crippen molar-refractivity contribution in [3.05, 3.63) is 86.7 Å². The molecule has 1 saturated heterocycles. The van der Waals surface area contributed by atoms with Crippen LogP contribution in [-0.4, -0.2) is 88.9 Å². The maximum atomic E-state index is 14.4. The van der Waals surface area contributed by atoms with E-state index in [9.17, 15) is 28.0 Å². The first-order valence-electron chi connectivity index (χ1n) is 18.8. The van der Waals surface area contributed by atoms with Gasteiger partial charge in [-0.05, 0) is 54.4 Å². The number of aliphatic hydroxyl groups is 1. The van der Waals surface area contributed by atoms with Crippen LogP contribution in [0.3, 0.4) is 0 Å². The molecule has 1 saturated carbocycles. The molecule has 3 aromatic rings. The second-order valence-electron chi connectivity index (χ2n) is 14.8. The Labute approximate surface area is 318 Å². The number of thiazole rings is 1. The van der Waals surface area contributed by atoms with Crippen LogP contribution in [-0.2, 0) is 34.3 Å². The van der Waals surface area contributed by atoms with E-state index in [4.69, 9.17) is 4.98 Å². The van der Waals surface area contributed by atoms with Crippen molar-refractivity contribution < 1.29 is 23.1 Å². The molecule has 5 rings (SSSR count). The van der Waals surface area contributed by atoms with Crippen molar-refractivity contribution in [3.63, 3.8) is 0 Å². The average molecular weight is 767 g/mol. The van der Waals surface area contributed by atoms with Gasteiger partial charge in [-0.1, -0.05) is 94.6 Å². The lowest BCUT2D eigenvalue weighted by atomic mass is 9.95. The van der Waals surface area contributed by atoms with Gasteiger partial charge in [-0.15, -0.1) is 11.3 Å². The second kappa shape index (κ2) is 18.5. The molecule has 4 atom stereocenters. The van der Waals surface area contributed by atoms with E-state index in [1.54, 1.807) is 33.3 Å². The molecule has 2 heterocycles. The van der Waals surface area contributed by atoms with Gasteiger partial charge < -0.3 is 20.2 Å². The number of sulfonamides is 1. The third-order valence-electron chi connectivity index (χ3n) is 10.6. The maximum absolute atomic E-state index is 14.4. The number of nitrogens with zero attached hydrogens (tertiary/aromatic N) is 5. The number of carbonyl (C=O) groups is 2. The summed E-state index contributed by atoms with van der Waals surface area (Å²) < 4.78 is 29.7. The third-order valence-corrected chi connectivity index (χ3v) is 13.6. The van der Waals surface area contributed by atoms with Crippen LogP contribution in [0.5, 0.6) is 0 Å². The lowest BCUT2D eigenvalue weighted by Gasteiger charge is -2.35. The smallest absolute Gasteiger partial charge is 0.321 e. The molecule has 1 aliphatic carbocycles. The monoisotopic (exact) mass is 766 g/mol. The Bertz CT molecular complexity index is 1760. The zero-order valence-electron chi connectivity index (χ0n) is 31.3. The van der Waals surface area contributed by atoms with Gasteiger partial charge in [0.25, 0.3) is 0 Å². The minimum Gasteiger partial charge on any atom is -0.390 e. The highest BCUT2D eigenvalue weighted by Crippen LogP contribution is 2.29. The van der Waals surface area contributed by atoms with Crippen molar-refractivity contribution in [2.45, 2.75) is 108 Å². The SMILES string of the molecule is CC[C@H](C)[C@@H](C(=O)N[C@@H](Cc1ccccc1)[C@H](O)CN(CC1CCCC1)S(=O)(=O)c1ccc(CN=O)cc1)N1CCN(Cc2csc(C(C)C)n2)C1=O. The van der Waals surface area contributed by atoms with Crippen LogP contribution in [0, 0.1) is 16.7 Å². The molecule has 1 aliphatic heterocycles. The molecule has 53 heavy (non-hydrogen) atoms. The number of rotatable bonds is 19. The molecule has 0 radical (unpaired) electrons. The van der Waals surface area contributed by atoms with E-state index < -0.39 is 28.2 Å². The molecule has 2 aliphatic rings. The lowest BCUT2D eigenvalue weighted by Crippen LogP contribution is -2.57. The van der Waals surface area contributed by atoms with Crippen LogP contribution in [0.1, 0.15) is 87.5 Å². The number of amides is 3. The first-order chi connectivity index (χ1) is 25.4. The number of nitroso groups, excluding NO2 is 1. The van der Waals surface area contributed by atoms with Crippen LogP contribution in [0.15, 0.2) is 70.0 Å². The fraction of sp³-hybridized carbons (Fsp3) is 0.564. The van der Waals surface area contributed by atoms with Crippen molar-refractivity contribution in [1.29, 1.82) is 0 Å². The molecule has 1 aromatic heterocycles. The third kappa shape index (κ3) is 10.3. The van der Waals surface area contributed by atoms with Crippen LogP contribution < -0.4 is 5.32 Å².